The van der Waals surface area contributed by atoms with Crippen molar-refractivity contribution >= 4 is 0 Å². The lowest BCUT2D eigenvalue weighted by Gasteiger charge is -2.14. The van der Waals surface area contributed by atoms with Crippen LogP contribution in [-0.2, 0) is 4.74 Å². The minimum atomic E-state index is 0.602. The highest BCUT2D eigenvalue weighted by molar-refractivity contribution is 4.70. The van der Waals surface area contributed by atoms with Gasteiger partial charge in [0.1, 0.15) is 0 Å². The third-order valence-corrected chi connectivity index (χ3v) is 2.04. The van der Waals surface area contributed by atoms with Crippen LogP contribution in [-0.4, -0.2) is 26.8 Å². The maximum absolute atomic E-state index is 5.02. The number of rotatable bonds is 8. The van der Waals surface area contributed by atoms with Crippen LogP contribution in [0.5, 0.6) is 0 Å². The molecule has 1 unspecified atom stereocenters. The van der Waals surface area contributed by atoms with E-state index in [0.717, 1.165) is 19.4 Å². The standard InChI is InChI=1S/C10H21NO/c1-4-5-6-7-10(11-2)8-9-12-3/h4,10-11H,1,5-9H2,2-3H3. The molecule has 2 nitrogen and oxygen atoms in total. The molecule has 0 aliphatic carbocycles. The summed E-state index contributed by atoms with van der Waals surface area (Å²) in [5, 5.41) is 3.28. The van der Waals surface area contributed by atoms with Crippen molar-refractivity contribution < 1.29 is 4.74 Å². The Hall–Kier alpha value is -0.340. The van der Waals surface area contributed by atoms with Gasteiger partial charge in [0.05, 0.1) is 0 Å². The zero-order valence-electron chi connectivity index (χ0n) is 8.31. The van der Waals surface area contributed by atoms with Crippen LogP contribution in [0.2, 0.25) is 0 Å². The highest BCUT2D eigenvalue weighted by Gasteiger charge is 2.03. The summed E-state index contributed by atoms with van der Waals surface area (Å²) < 4.78 is 5.02. The average molecular weight is 171 g/mol. The Kier molecular flexibility index (Phi) is 8.51. The Morgan fingerprint density at radius 1 is 1.50 bits per heavy atom. The second kappa shape index (κ2) is 8.75. The van der Waals surface area contributed by atoms with E-state index in [1.165, 1.54) is 12.8 Å². The molecule has 2 heteroatoms. The van der Waals surface area contributed by atoms with Gasteiger partial charge in [-0.2, -0.15) is 0 Å². The Bertz CT molecular complexity index is 104. The minimum absolute atomic E-state index is 0.602. The van der Waals surface area contributed by atoms with Crippen molar-refractivity contribution in [2.45, 2.75) is 31.7 Å². The molecule has 0 aromatic carbocycles. The van der Waals surface area contributed by atoms with Crippen molar-refractivity contribution in [3.05, 3.63) is 12.7 Å². The van der Waals surface area contributed by atoms with Gasteiger partial charge in [-0.1, -0.05) is 6.08 Å². The van der Waals surface area contributed by atoms with Gasteiger partial charge in [-0.15, -0.1) is 6.58 Å². The fourth-order valence-electron chi connectivity index (χ4n) is 1.20. The lowest BCUT2D eigenvalue weighted by atomic mass is 10.1. The highest BCUT2D eigenvalue weighted by Crippen LogP contribution is 2.04. The quantitative estimate of drug-likeness (QED) is 0.445. The fraction of sp³-hybridized carbons (Fsp3) is 0.800. The monoisotopic (exact) mass is 171 g/mol. The van der Waals surface area contributed by atoms with E-state index in [1.807, 2.05) is 13.1 Å². The molecule has 0 aliphatic heterocycles. The molecule has 0 bridgehead atoms. The number of nitrogens with one attached hydrogen (secondary N) is 1. The van der Waals surface area contributed by atoms with Crippen LogP contribution in [0.25, 0.3) is 0 Å². The highest BCUT2D eigenvalue weighted by atomic mass is 16.5. The molecule has 0 radical (unpaired) electrons. The smallest absolute Gasteiger partial charge is 0.0477 e. The Morgan fingerprint density at radius 2 is 2.25 bits per heavy atom. The van der Waals surface area contributed by atoms with E-state index in [4.69, 9.17) is 4.74 Å². The van der Waals surface area contributed by atoms with Crippen molar-refractivity contribution in [2.24, 2.45) is 0 Å². The third kappa shape index (κ3) is 6.38. The summed E-state index contributed by atoms with van der Waals surface area (Å²) in [6.45, 7) is 4.55. The summed E-state index contributed by atoms with van der Waals surface area (Å²) in [6, 6.07) is 0.602. The normalized spacial score (nSPS) is 12.8. The average Bonchev–Trinajstić information content (AvgIpc) is 2.11. The molecule has 0 amide bonds. The first-order valence-corrected chi connectivity index (χ1v) is 4.62. The van der Waals surface area contributed by atoms with Crippen molar-refractivity contribution in [3.8, 4) is 0 Å². The predicted octanol–water partition coefficient (Wildman–Crippen LogP) is 1.97. The van der Waals surface area contributed by atoms with E-state index < -0.39 is 0 Å². The number of hydrogen-bond acceptors (Lipinski definition) is 2. The maximum atomic E-state index is 5.02. The molecule has 0 spiro atoms. The lowest BCUT2D eigenvalue weighted by Crippen LogP contribution is -2.26. The van der Waals surface area contributed by atoms with Gasteiger partial charge in [0.25, 0.3) is 0 Å². The van der Waals surface area contributed by atoms with E-state index >= 15 is 0 Å². The Morgan fingerprint density at radius 3 is 2.75 bits per heavy atom. The Balaban J connectivity index is 3.32. The largest absolute Gasteiger partial charge is 0.385 e. The van der Waals surface area contributed by atoms with Gasteiger partial charge in [0.2, 0.25) is 0 Å². The van der Waals surface area contributed by atoms with Gasteiger partial charge in [0.15, 0.2) is 0 Å². The van der Waals surface area contributed by atoms with Crippen molar-refractivity contribution in [2.75, 3.05) is 20.8 Å². The van der Waals surface area contributed by atoms with Crippen LogP contribution in [0.15, 0.2) is 12.7 Å². The van der Waals surface area contributed by atoms with Crippen LogP contribution < -0.4 is 5.32 Å². The van der Waals surface area contributed by atoms with Crippen molar-refractivity contribution in [3.63, 3.8) is 0 Å². The molecule has 0 fully saturated rings. The SMILES string of the molecule is C=CCCCC(CCOC)NC. The van der Waals surface area contributed by atoms with E-state index in [-0.39, 0.29) is 0 Å². The van der Waals surface area contributed by atoms with Gasteiger partial charge >= 0.3 is 0 Å². The zero-order valence-corrected chi connectivity index (χ0v) is 8.31. The van der Waals surface area contributed by atoms with Crippen LogP contribution in [0.3, 0.4) is 0 Å². The van der Waals surface area contributed by atoms with Crippen LogP contribution in [0.1, 0.15) is 25.7 Å². The van der Waals surface area contributed by atoms with Gasteiger partial charge in [-0.05, 0) is 32.7 Å². The topological polar surface area (TPSA) is 21.3 Å². The number of methoxy groups -OCH3 is 1. The summed E-state index contributed by atoms with van der Waals surface area (Å²) in [5.41, 5.74) is 0. The molecule has 72 valence electrons. The van der Waals surface area contributed by atoms with Crippen molar-refractivity contribution in [1.29, 1.82) is 0 Å². The summed E-state index contributed by atoms with van der Waals surface area (Å²) in [5.74, 6) is 0. The van der Waals surface area contributed by atoms with Crippen LogP contribution in [0.4, 0.5) is 0 Å². The lowest BCUT2D eigenvalue weighted by molar-refractivity contribution is 0.182. The third-order valence-electron chi connectivity index (χ3n) is 2.04. The summed E-state index contributed by atoms with van der Waals surface area (Å²) in [4.78, 5) is 0. The molecule has 1 N–H and O–H groups in total. The molecule has 1 atom stereocenters. The minimum Gasteiger partial charge on any atom is -0.385 e. The Labute approximate surface area is 76.0 Å². The first kappa shape index (κ1) is 11.7. The number of hydrogen-bond donors (Lipinski definition) is 1. The molecular formula is C10H21NO. The second-order valence-electron chi connectivity index (χ2n) is 2.99. The molecule has 0 aromatic rings. The molecule has 12 heavy (non-hydrogen) atoms. The molecule has 0 rings (SSSR count). The second-order valence-corrected chi connectivity index (χ2v) is 2.99. The fourth-order valence-corrected chi connectivity index (χ4v) is 1.20. The predicted molar refractivity (Wildman–Crippen MR) is 53.4 cm³/mol. The van der Waals surface area contributed by atoms with Crippen LogP contribution in [0, 0.1) is 0 Å². The first-order chi connectivity index (χ1) is 5.85. The molecule has 0 aliphatic rings. The molecule has 0 saturated carbocycles. The van der Waals surface area contributed by atoms with Crippen LogP contribution >= 0.6 is 0 Å². The number of unbranched alkanes of at least 4 members (excludes halogenated alkanes) is 1. The van der Waals surface area contributed by atoms with E-state index in [9.17, 15) is 0 Å². The van der Waals surface area contributed by atoms with Gasteiger partial charge in [0, 0.05) is 19.8 Å². The van der Waals surface area contributed by atoms with E-state index in [1.54, 1.807) is 7.11 Å². The molecule has 0 aromatic heterocycles. The van der Waals surface area contributed by atoms with Gasteiger partial charge < -0.3 is 10.1 Å². The number of ether oxygens (including phenoxy) is 1. The summed E-state index contributed by atoms with van der Waals surface area (Å²) in [6.07, 6.45) is 6.63. The maximum Gasteiger partial charge on any atom is 0.0477 e. The molecule has 0 heterocycles. The first-order valence-electron chi connectivity index (χ1n) is 4.62. The van der Waals surface area contributed by atoms with Gasteiger partial charge in [-0.3, -0.25) is 0 Å². The molecular weight excluding hydrogens is 150 g/mol. The zero-order chi connectivity index (χ0) is 9.23. The van der Waals surface area contributed by atoms with Crippen molar-refractivity contribution in [1.82, 2.24) is 5.32 Å². The van der Waals surface area contributed by atoms with Gasteiger partial charge in [-0.25, -0.2) is 0 Å². The van der Waals surface area contributed by atoms with E-state index in [2.05, 4.69) is 11.9 Å². The molecule has 0 saturated heterocycles. The summed E-state index contributed by atoms with van der Waals surface area (Å²) in [7, 11) is 3.75. The summed E-state index contributed by atoms with van der Waals surface area (Å²) >= 11 is 0. The number of allylic oxidation sites excluding steroid dienone is 1. The van der Waals surface area contributed by atoms with E-state index in [0.29, 0.717) is 6.04 Å².